The Morgan fingerprint density at radius 3 is 2.38 bits per heavy atom. The van der Waals surface area contributed by atoms with E-state index in [4.69, 9.17) is 4.74 Å². The van der Waals surface area contributed by atoms with Crippen molar-refractivity contribution < 1.29 is 14.3 Å². The van der Waals surface area contributed by atoms with Crippen LogP contribution in [0, 0.1) is 5.92 Å². The fraction of sp³-hybridized carbons (Fsp3) is 0.192. The number of hydrogen-bond acceptors (Lipinski definition) is 4. The molecule has 0 bridgehead atoms. The van der Waals surface area contributed by atoms with Gasteiger partial charge in [0.2, 0.25) is 11.8 Å². The number of hydrogen-bond donors (Lipinski definition) is 1. The lowest BCUT2D eigenvalue weighted by atomic mass is 10.1. The molecule has 1 atom stereocenters. The number of hydrazone groups is 1. The summed E-state index contributed by atoms with van der Waals surface area (Å²) >= 11 is 0. The van der Waals surface area contributed by atoms with E-state index in [1.807, 2.05) is 84.9 Å². The highest BCUT2D eigenvalue weighted by Crippen LogP contribution is 2.21. The summed E-state index contributed by atoms with van der Waals surface area (Å²) in [5.74, 6) is -0.00199. The molecule has 1 heterocycles. The second-order valence-electron chi connectivity index (χ2n) is 7.71. The van der Waals surface area contributed by atoms with Crippen molar-refractivity contribution in [3.8, 4) is 5.75 Å². The summed E-state index contributed by atoms with van der Waals surface area (Å²) in [6, 6.07) is 27.2. The number of rotatable bonds is 8. The van der Waals surface area contributed by atoms with E-state index in [0.717, 1.165) is 16.7 Å². The molecule has 162 valence electrons. The molecule has 0 aliphatic carbocycles. The molecule has 0 radical (unpaired) electrons. The molecule has 2 amide bonds. The van der Waals surface area contributed by atoms with E-state index in [2.05, 4.69) is 10.5 Å². The lowest BCUT2D eigenvalue weighted by Crippen LogP contribution is -2.30. The first-order chi connectivity index (χ1) is 15.7. The topological polar surface area (TPSA) is 71.0 Å². The van der Waals surface area contributed by atoms with Crippen molar-refractivity contribution in [3.63, 3.8) is 0 Å². The largest absolute Gasteiger partial charge is 0.488 e. The normalized spacial score (nSPS) is 15.8. The molecular formula is C26H25N3O3. The molecule has 32 heavy (non-hydrogen) atoms. The van der Waals surface area contributed by atoms with Gasteiger partial charge in [-0.25, -0.2) is 5.43 Å². The molecular weight excluding hydrogens is 402 g/mol. The maximum absolute atomic E-state index is 12.5. The number of nitrogens with zero attached hydrogens (tertiary/aromatic N) is 2. The summed E-state index contributed by atoms with van der Waals surface area (Å²) in [7, 11) is 0. The van der Waals surface area contributed by atoms with Crippen LogP contribution in [0.25, 0.3) is 0 Å². The minimum atomic E-state index is -0.409. The molecule has 0 saturated carbocycles. The van der Waals surface area contributed by atoms with Crippen molar-refractivity contribution >= 4 is 18.0 Å². The average molecular weight is 428 g/mol. The molecule has 6 heteroatoms. The molecule has 1 aliphatic heterocycles. The van der Waals surface area contributed by atoms with Crippen LogP contribution in [0.15, 0.2) is 90.0 Å². The zero-order chi connectivity index (χ0) is 22.2. The number of benzene rings is 3. The quantitative estimate of drug-likeness (QED) is 0.440. The number of para-hydroxylation sites is 1. The Balaban J connectivity index is 1.31. The van der Waals surface area contributed by atoms with Gasteiger partial charge in [0.1, 0.15) is 12.4 Å². The number of likely N-dealkylation sites (tertiary alicyclic amines) is 1. The standard InChI is InChI=1S/C26H25N3O3/c30-25-15-23(18-29(25)17-20-9-3-1-4-10-20)26(31)28-27-16-22-13-7-8-14-24(22)32-19-21-11-5-2-6-12-21/h1-14,16,23H,15,17-19H2,(H,28,31)/b27-16+. The third kappa shape index (κ3) is 5.60. The van der Waals surface area contributed by atoms with Gasteiger partial charge in [-0.15, -0.1) is 0 Å². The second-order valence-corrected chi connectivity index (χ2v) is 7.71. The van der Waals surface area contributed by atoms with Gasteiger partial charge in [-0.05, 0) is 23.3 Å². The van der Waals surface area contributed by atoms with Crippen LogP contribution in [0.5, 0.6) is 5.75 Å². The summed E-state index contributed by atoms with van der Waals surface area (Å²) in [6.45, 7) is 1.35. The smallest absolute Gasteiger partial charge is 0.245 e. The highest BCUT2D eigenvalue weighted by Gasteiger charge is 2.34. The number of carbonyl (C=O) groups excluding carboxylic acids is 2. The van der Waals surface area contributed by atoms with E-state index in [1.54, 1.807) is 11.1 Å². The first-order valence-corrected chi connectivity index (χ1v) is 10.6. The van der Waals surface area contributed by atoms with Gasteiger partial charge in [0.05, 0.1) is 12.1 Å². The molecule has 3 aromatic rings. The fourth-order valence-electron chi connectivity index (χ4n) is 3.62. The first kappa shape index (κ1) is 21.3. The Labute approximate surface area is 187 Å². The van der Waals surface area contributed by atoms with Crippen LogP contribution in [0.2, 0.25) is 0 Å². The lowest BCUT2D eigenvalue weighted by Gasteiger charge is -2.16. The molecule has 1 N–H and O–H groups in total. The van der Waals surface area contributed by atoms with E-state index in [-0.39, 0.29) is 18.2 Å². The van der Waals surface area contributed by atoms with Crippen LogP contribution in [-0.2, 0) is 22.7 Å². The molecule has 4 rings (SSSR count). The van der Waals surface area contributed by atoms with Gasteiger partial charge in [-0.1, -0.05) is 72.8 Å². The van der Waals surface area contributed by atoms with Crippen LogP contribution < -0.4 is 10.2 Å². The van der Waals surface area contributed by atoms with Gasteiger partial charge < -0.3 is 9.64 Å². The van der Waals surface area contributed by atoms with Crippen LogP contribution in [0.3, 0.4) is 0 Å². The Hall–Kier alpha value is -3.93. The van der Waals surface area contributed by atoms with E-state index in [1.165, 1.54) is 0 Å². The van der Waals surface area contributed by atoms with Crippen LogP contribution in [0.1, 0.15) is 23.1 Å². The average Bonchev–Trinajstić information content (AvgIpc) is 3.20. The van der Waals surface area contributed by atoms with Gasteiger partial charge in [0.25, 0.3) is 0 Å². The molecule has 0 spiro atoms. The Kier molecular flexibility index (Phi) is 6.92. The van der Waals surface area contributed by atoms with Crippen molar-refractivity contribution in [2.24, 2.45) is 11.0 Å². The zero-order valence-corrected chi connectivity index (χ0v) is 17.7. The van der Waals surface area contributed by atoms with E-state index in [9.17, 15) is 9.59 Å². The Morgan fingerprint density at radius 1 is 0.969 bits per heavy atom. The number of amides is 2. The molecule has 6 nitrogen and oxygen atoms in total. The van der Waals surface area contributed by atoms with Crippen molar-refractivity contribution in [2.45, 2.75) is 19.6 Å². The fourth-order valence-corrected chi connectivity index (χ4v) is 3.62. The van der Waals surface area contributed by atoms with Gasteiger partial charge in [-0.3, -0.25) is 9.59 Å². The predicted molar refractivity (Wildman–Crippen MR) is 123 cm³/mol. The Bertz CT molecular complexity index is 1080. The van der Waals surface area contributed by atoms with Gasteiger partial charge >= 0.3 is 0 Å². The summed E-state index contributed by atoms with van der Waals surface area (Å²) in [5.41, 5.74) is 5.45. The van der Waals surface area contributed by atoms with Crippen molar-refractivity contribution in [2.75, 3.05) is 6.54 Å². The van der Waals surface area contributed by atoms with E-state index < -0.39 is 5.92 Å². The predicted octanol–water partition coefficient (Wildman–Crippen LogP) is 3.76. The zero-order valence-electron chi connectivity index (χ0n) is 17.7. The molecule has 0 aromatic heterocycles. The third-order valence-corrected chi connectivity index (χ3v) is 5.34. The highest BCUT2D eigenvalue weighted by atomic mass is 16.5. The van der Waals surface area contributed by atoms with E-state index >= 15 is 0 Å². The first-order valence-electron chi connectivity index (χ1n) is 10.6. The maximum atomic E-state index is 12.5. The minimum absolute atomic E-state index is 0.0161. The van der Waals surface area contributed by atoms with Gasteiger partial charge in [0, 0.05) is 25.1 Å². The van der Waals surface area contributed by atoms with Crippen molar-refractivity contribution in [1.29, 1.82) is 0 Å². The summed E-state index contributed by atoms with van der Waals surface area (Å²) in [6.07, 6.45) is 1.77. The molecule has 1 fully saturated rings. The summed E-state index contributed by atoms with van der Waals surface area (Å²) in [4.78, 5) is 26.6. The SMILES string of the molecule is O=C(N/N=C/c1ccccc1OCc1ccccc1)C1CC(=O)N(Cc2ccccc2)C1. The Morgan fingerprint density at radius 2 is 1.62 bits per heavy atom. The number of nitrogens with one attached hydrogen (secondary N) is 1. The third-order valence-electron chi connectivity index (χ3n) is 5.34. The highest BCUT2D eigenvalue weighted by molar-refractivity contribution is 5.90. The van der Waals surface area contributed by atoms with Gasteiger partial charge in [0.15, 0.2) is 0 Å². The van der Waals surface area contributed by atoms with Gasteiger partial charge in [-0.2, -0.15) is 5.10 Å². The van der Waals surface area contributed by atoms with Crippen LogP contribution in [-0.4, -0.2) is 29.5 Å². The molecule has 3 aromatic carbocycles. The van der Waals surface area contributed by atoms with Crippen LogP contribution >= 0.6 is 0 Å². The lowest BCUT2D eigenvalue weighted by molar-refractivity contribution is -0.129. The molecule has 1 unspecified atom stereocenters. The maximum Gasteiger partial charge on any atom is 0.245 e. The number of carbonyl (C=O) groups is 2. The van der Waals surface area contributed by atoms with Crippen molar-refractivity contribution in [1.82, 2.24) is 10.3 Å². The summed E-state index contributed by atoms with van der Waals surface area (Å²) in [5, 5.41) is 4.10. The second kappa shape index (κ2) is 10.4. The summed E-state index contributed by atoms with van der Waals surface area (Å²) < 4.78 is 5.91. The van der Waals surface area contributed by atoms with Crippen LogP contribution in [0.4, 0.5) is 0 Å². The minimum Gasteiger partial charge on any atom is -0.488 e. The monoisotopic (exact) mass is 427 g/mol. The van der Waals surface area contributed by atoms with Crippen molar-refractivity contribution in [3.05, 3.63) is 102 Å². The van der Waals surface area contributed by atoms with E-state index in [0.29, 0.717) is 25.4 Å². The molecule has 1 saturated heterocycles. The number of ether oxygens (including phenoxy) is 1. The molecule has 1 aliphatic rings.